The van der Waals surface area contributed by atoms with Crippen LogP contribution in [0.2, 0.25) is 0 Å². The number of anilines is 2. The number of carbonyl (C=O) groups excluding carboxylic acids is 2. The van der Waals surface area contributed by atoms with Crippen LogP contribution in [0.3, 0.4) is 0 Å². The first-order valence-electron chi connectivity index (χ1n) is 8.47. The van der Waals surface area contributed by atoms with Gasteiger partial charge in [-0.3, -0.25) is 9.59 Å². The number of halogens is 2. The standard InChI is InChI=1S/C22H14Br2N2O2/c23-15-9-5-13(6-10-15)19-20(14-7-11-16(24)12-8-14)22(28)26(21(19)27)18-4-2-1-3-17(18)25/h1-12H,25H2. The van der Waals surface area contributed by atoms with Gasteiger partial charge >= 0.3 is 0 Å². The molecule has 2 N–H and O–H groups in total. The third kappa shape index (κ3) is 3.19. The highest BCUT2D eigenvalue weighted by Gasteiger charge is 2.41. The summed E-state index contributed by atoms with van der Waals surface area (Å²) in [6.45, 7) is 0. The van der Waals surface area contributed by atoms with E-state index in [9.17, 15) is 9.59 Å². The van der Waals surface area contributed by atoms with E-state index >= 15 is 0 Å². The van der Waals surface area contributed by atoms with Gasteiger partial charge in [0.1, 0.15) is 0 Å². The molecule has 1 aliphatic rings. The molecule has 1 aliphatic heterocycles. The number of nitrogens with zero attached hydrogens (tertiary/aromatic N) is 1. The predicted octanol–water partition coefficient (Wildman–Crippen LogP) is 5.28. The maximum atomic E-state index is 13.4. The van der Waals surface area contributed by atoms with Gasteiger partial charge in [-0.25, -0.2) is 4.90 Å². The van der Waals surface area contributed by atoms with E-state index in [0.29, 0.717) is 33.6 Å². The molecule has 0 saturated heterocycles. The Labute approximate surface area is 178 Å². The van der Waals surface area contributed by atoms with Crippen molar-refractivity contribution in [3.8, 4) is 0 Å². The number of amides is 2. The van der Waals surface area contributed by atoms with Gasteiger partial charge < -0.3 is 5.73 Å². The summed E-state index contributed by atoms with van der Waals surface area (Å²) in [7, 11) is 0. The van der Waals surface area contributed by atoms with Gasteiger partial charge in [0.15, 0.2) is 0 Å². The summed E-state index contributed by atoms with van der Waals surface area (Å²) in [5.41, 5.74) is 8.90. The van der Waals surface area contributed by atoms with Crippen molar-refractivity contribution in [1.29, 1.82) is 0 Å². The summed E-state index contributed by atoms with van der Waals surface area (Å²) >= 11 is 6.81. The summed E-state index contributed by atoms with van der Waals surface area (Å²) < 4.78 is 1.78. The van der Waals surface area contributed by atoms with E-state index in [1.807, 2.05) is 48.5 Å². The Morgan fingerprint density at radius 1 is 0.643 bits per heavy atom. The molecule has 3 aromatic rings. The summed E-state index contributed by atoms with van der Waals surface area (Å²) in [6.07, 6.45) is 0. The van der Waals surface area contributed by atoms with Gasteiger partial charge in [0, 0.05) is 8.95 Å². The normalized spacial score (nSPS) is 14.1. The van der Waals surface area contributed by atoms with Gasteiger partial charge in [-0.2, -0.15) is 0 Å². The molecule has 0 bridgehead atoms. The van der Waals surface area contributed by atoms with Crippen LogP contribution in [0.5, 0.6) is 0 Å². The minimum absolute atomic E-state index is 0.364. The van der Waals surface area contributed by atoms with Crippen LogP contribution in [-0.2, 0) is 9.59 Å². The van der Waals surface area contributed by atoms with E-state index in [-0.39, 0.29) is 11.8 Å². The van der Waals surface area contributed by atoms with Crippen molar-refractivity contribution in [2.24, 2.45) is 0 Å². The van der Waals surface area contributed by atoms with Crippen LogP contribution in [0.4, 0.5) is 11.4 Å². The number of imide groups is 1. The van der Waals surface area contributed by atoms with E-state index in [1.54, 1.807) is 24.3 Å². The van der Waals surface area contributed by atoms with Gasteiger partial charge in [-0.1, -0.05) is 68.3 Å². The lowest BCUT2D eigenvalue weighted by Gasteiger charge is -2.17. The van der Waals surface area contributed by atoms with Crippen LogP contribution in [0.1, 0.15) is 11.1 Å². The maximum Gasteiger partial charge on any atom is 0.266 e. The average molecular weight is 498 g/mol. The zero-order valence-electron chi connectivity index (χ0n) is 14.5. The van der Waals surface area contributed by atoms with Crippen molar-refractivity contribution in [2.75, 3.05) is 10.6 Å². The van der Waals surface area contributed by atoms with Crippen molar-refractivity contribution in [1.82, 2.24) is 0 Å². The lowest BCUT2D eigenvalue weighted by Crippen LogP contribution is -2.32. The fourth-order valence-corrected chi connectivity index (χ4v) is 3.74. The van der Waals surface area contributed by atoms with Crippen molar-refractivity contribution >= 4 is 66.2 Å². The van der Waals surface area contributed by atoms with E-state index in [4.69, 9.17) is 5.73 Å². The highest BCUT2D eigenvalue weighted by molar-refractivity contribution is 9.10. The molecule has 0 saturated carbocycles. The summed E-state index contributed by atoms with van der Waals surface area (Å²) in [5, 5.41) is 0. The number of nitrogen functional groups attached to an aromatic ring is 1. The topological polar surface area (TPSA) is 63.4 Å². The Morgan fingerprint density at radius 3 is 1.50 bits per heavy atom. The lowest BCUT2D eigenvalue weighted by atomic mass is 9.96. The Kier molecular flexibility index (Phi) is 4.91. The van der Waals surface area contributed by atoms with Gasteiger partial charge in [0.2, 0.25) is 0 Å². The smallest absolute Gasteiger partial charge is 0.266 e. The molecule has 138 valence electrons. The van der Waals surface area contributed by atoms with Gasteiger partial charge in [0.05, 0.1) is 22.5 Å². The molecule has 4 nitrogen and oxygen atoms in total. The van der Waals surface area contributed by atoms with Crippen molar-refractivity contribution in [2.45, 2.75) is 0 Å². The molecule has 4 rings (SSSR count). The van der Waals surface area contributed by atoms with E-state index < -0.39 is 0 Å². The van der Waals surface area contributed by atoms with Crippen molar-refractivity contribution in [3.05, 3.63) is 92.9 Å². The zero-order chi connectivity index (χ0) is 19.8. The van der Waals surface area contributed by atoms with Crippen LogP contribution >= 0.6 is 31.9 Å². The number of para-hydroxylation sites is 2. The third-order valence-electron chi connectivity index (χ3n) is 4.53. The fraction of sp³-hybridized carbons (Fsp3) is 0. The molecule has 0 unspecified atom stereocenters. The van der Waals surface area contributed by atoms with E-state index in [1.165, 1.54) is 0 Å². The van der Waals surface area contributed by atoms with Crippen LogP contribution in [0, 0.1) is 0 Å². The molecule has 0 aromatic heterocycles. The number of benzene rings is 3. The second kappa shape index (κ2) is 7.37. The monoisotopic (exact) mass is 496 g/mol. The second-order valence-electron chi connectivity index (χ2n) is 6.27. The Hall–Kier alpha value is -2.70. The second-order valence-corrected chi connectivity index (χ2v) is 8.10. The molecule has 1 heterocycles. The first kappa shape index (κ1) is 18.7. The van der Waals surface area contributed by atoms with Gasteiger partial charge in [-0.15, -0.1) is 0 Å². The Morgan fingerprint density at radius 2 is 1.07 bits per heavy atom. The number of hydrogen-bond acceptors (Lipinski definition) is 3. The summed E-state index contributed by atoms with van der Waals surface area (Å²) in [6, 6.07) is 21.5. The highest BCUT2D eigenvalue weighted by Crippen LogP contribution is 2.40. The van der Waals surface area contributed by atoms with Crippen LogP contribution in [0.15, 0.2) is 81.7 Å². The molecule has 28 heavy (non-hydrogen) atoms. The Bertz CT molecular complexity index is 1050. The van der Waals surface area contributed by atoms with E-state index in [0.717, 1.165) is 13.8 Å². The van der Waals surface area contributed by atoms with Crippen LogP contribution in [0.25, 0.3) is 11.1 Å². The van der Waals surface area contributed by atoms with E-state index in [2.05, 4.69) is 31.9 Å². The minimum atomic E-state index is -0.386. The molecule has 0 fully saturated rings. The molecule has 0 spiro atoms. The minimum Gasteiger partial charge on any atom is -0.397 e. The largest absolute Gasteiger partial charge is 0.397 e. The molecule has 0 radical (unpaired) electrons. The third-order valence-corrected chi connectivity index (χ3v) is 5.58. The average Bonchev–Trinajstić information content (AvgIpc) is 2.94. The predicted molar refractivity (Wildman–Crippen MR) is 118 cm³/mol. The zero-order valence-corrected chi connectivity index (χ0v) is 17.7. The first-order valence-corrected chi connectivity index (χ1v) is 10.1. The van der Waals surface area contributed by atoms with Crippen molar-refractivity contribution < 1.29 is 9.59 Å². The number of rotatable bonds is 3. The first-order chi connectivity index (χ1) is 13.5. The summed E-state index contributed by atoms with van der Waals surface area (Å²) in [4.78, 5) is 27.9. The number of nitrogens with two attached hydrogens (primary N) is 1. The molecular weight excluding hydrogens is 484 g/mol. The maximum absolute atomic E-state index is 13.4. The molecule has 2 amide bonds. The number of hydrogen-bond donors (Lipinski definition) is 1. The van der Waals surface area contributed by atoms with Gasteiger partial charge in [0.25, 0.3) is 11.8 Å². The lowest BCUT2D eigenvalue weighted by molar-refractivity contribution is -0.119. The SMILES string of the molecule is Nc1ccccc1N1C(=O)C(c2ccc(Br)cc2)=C(c2ccc(Br)cc2)C1=O. The molecule has 6 heteroatoms. The highest BCUT2D eigenvalue weighted by atomic mass is 79.9. The number of carbonyl (C=O) groups is 2. The Balaban J connectivity index is 1.93. The fourth-order valence-electron chi connectivity index (χ4n) is 3.21. The van der Waals surface area contributed by atoms with Gasteiger partial charge in [-0.05, 0) is 47.5 Å². The molecule has 3 aromatic carbocycles. The summed E-state index contributed by atoms with van der Waals surface area (Å²) in [5.74, 6) is -0.772. The molecular formula is C22H14Br2N2O2. The van der Waals surface area contributed by atoms with Crippen LogP contribution in [-0.4, -0.2) is 11.8 Å². The van der Waals surface area contributed by atoms with Crippen molar-refractivity contribution in [3.63, 3.8) is 0 Å². The molecule has 0 aliphatic carbocycles. The quantitative estimate of drug-likeness (QED) is 0.395. The molecule has 0 atom stereocenters. The van der Waals surface area contributed by atoms with Crippen LogP contribution < -0.4 is 10.6 Å².